The molecule has 2 aromatic carbocycles. The van der Waals surface area contributed by atoms with Crippen molar-refractivity contribution in [3.63, 3.8) is 0 Å². The smallest absolute Gasteiger partial charge is 0.173 e. The molecular formula is C20H16FN3O3S. The average Bonchev–Trinajstić information content (AvgIpc) is 2.73. The number of halogens is 1. The molecule has 0 unspecified atom stereocenters. The van der Waals surface area contributed by atoms with Gasteiger partial charge in [-0.3, -0.25) is 4.79 Å². The Hall–Kier alpha value is -3.49. The molecule has 2 aromatic rings. The summed E-state index contributed by atoms with van der Waals surface area (Å²) >= 11 is 0.944. The van der Waals surface area contributed by atoms with Crippen LogP contribution in [0.15, 0.2) is 53.1 Å². The van der Waals surface area contributed by atoms with E-state index < -0.39 is 5.82 Å². The summed E-state index contributed by atoms with van der Waals surface area (Å²) in [6, 6.07) is 14.1. The van der Waals surface area contributed by atoms with Gasteiger partial charge in [0.1, 0.15) is 23.0 Å². The molecule has 8 heteroatoms. The Kier molecular flexibility index (Phi) is 7.44. The van der Waals surface area contributed by atoms with Crippen LogP contribution in [-0.4, -0.2) is 25.8 Å². The lowest BCUT2D eigenvalue weighted by Gasteiger charge is -2.12. The van der Waals surface area contributed by atoms with E-state index in [1.807, 2.05) is 0 Å². The fourth-order valence-corrected chi connectivity index (χ4v) is 3.07. The van der Waals surface area contributed by atoms with Gasteiger partial charge in [0.2, 0.25) is 0 Å². The molecule has 142 valence electrons. The van der Waals surface area contributed by atoms with E-state index in [9.17, 15) is 9.18 Å². The van der Waals surface area contributed by atoms with E-state index >= 15 is 0 Å². The number of anilines is 1. The molecule has 0 atom stereocenters. The van der Waals surface area contributed by atoms with E-state index in [1.165, 1.54) is 32.4 Å². The van der Waals surface area contributed by atoms with Crippen molar-refractivity contribution in [2.75, 3.05) is 25.3 Å². The highest BCUT2D eigenvalue weighted by Gasteiger charge is 2.15. The molecule has 0 fully saturated rings. The van der Waals surface area contributed by atoms with Crippen LogP contribution < -0.4 is 14.8 Å². The minimum Gasteiger partial charge on any atom is -0.493 e. The highest BCUT2D eigenvalue weighted by atomic mass is 32.2. The van der Waals surface area contributed by atoms with E-state index in [0.29, 0.717) is 17.1 Å². The summed E-state index contributed by atoms with van der Waals surface area (Å²) in [5.74, 6) is 0.0354. The van der Waals surface area contributed by atoms with E-state index in [2.05, 4.69) is 5.32 Å². The van der Waals surface area contributed by atoms with Crippen LogP contribution in [0.4, 0.5) is 10.1 Å². The van der Waals surface area contributed by atoms with Gasteiger partial charge in [-0.1, -0.05) is 23.9 Å². The standard InChI is InChI=1S/C20H16FN3O3S/c1-26-18-8-7-13(9-19(18)27-2)17(25)12-28-20(14(10-22)11-23)24-16-6-4-3-5-15(16)21/h3-9,24H,12H2,1-2H3. The zero-order valence-corrected chi connectivity index (χ0v) is 16.0. The van der Waals surface area contributed by atoms with Crippen molar-refractivity contribution in [3.05, 3.63) is 64.4 Å². The third-order valence-corrected chi connectivity index (χ3v) is 4.63. The molecule has 0 amide bonds. The predicted molar refractivity (Wildman–Crippen MR) is 105 cm³/mol. The minimum atomic E-state index is -0.540. The first-order valence-electron chi connectivity index (χ1n) is 7.98. The summed E-state index contributed by atoms with van der Waals surface area (Å²) < 4.78 is 24.2. The van der Waals surface area contributed by atoms with Crippen molar-refractivity contribution in [2.45, 2.75) is 0 Å². The van der Waals surface area contributed by atoms with Crippen LogP contribution in [0, 0.1) is 28.5 Å². The van der Waals surface area contributed by atoms with Gasteiger partial charge in [0.25, 0.3) is 0 Å². The number of Topliss-reactive ketones (excluding diaryl/α,β-unsaturated/α-hetero) is 1. The van der Waals surface area contributed by atoms with E-state index in [1.54, 1.807) is 36.4 Å². The van der Waals surface area contributed by atoms with Crippen LogP contribution in [0.3, 0.4) is 0 Å². The van der Waals surface area contributed by atoms with Gasteiger partial charge in [-0.05, 0) is 30.3 Å². The largest absolute Gasteiger partial charge is 0.493 e. The zero-order chi connectivity index (χ0) is 20.5. The highest BCUT2D eigenvalue weighted by Crippen LogP contribution is 2.29. The maximum Gasteiger partial charge on any atom is 0.173 e. The number of hydrogen-bond acceptors (Lipinski definition) is 7. The van der Waals surface area contributed by atoms with Gasteiger partial charge in [0.05, 0.1) is 25.7 Å². The molecule has 2 rings (SSSR count). The molecule has 1 N–H and O–H groups in total. The number of benzene rings is 2. The number of hydrogen-bond donors (Lipinski definition) is 1. The van der Waals surface area contributed by atoms with Crippen molar-refractivity contribution in [3.8, 4) is 23.6 Å². The van der Waals surface area contributed by atoms with Crippen molar-refractivity contribution in [1.29, 1.82) is 10.5 Å². The third-order valence-electron chi connectivity index (χ3n) is 3.63. The lowest BCUT2D eigenvalue weighted by atomic mass is 10.1. The summed E-state index contributed by atoms with van der Waals surface area (Å²) in [5, 5.41) is 21.1. The number of rotatable bonds is 8. The van der Waals surface area contributed by atoms with Crippen molar-refractivity contribution in [1.82, 2.24) is 0 Å². The number of nitriles is 2. The number of allylic oxidation sites excluding steroid dienone is 1. The second-order valence-electron chi connectivity index (χ2n) is 5.31. The van der Waals surface area contributed by atoms with Crippen molar-refractivity contribution < 1.29 is 18.7 Å². The van der Waals surface area contributed by atoms with Gasteiger partial charge in [0, 0.05) is 5.56 Å². The number of ketones is 1. The second-order valence-corrected chi connectivity index (χ2v) is 6.30. The summed E-state index contributed by atoms with van der Waals surface area (Å²) in [5.41, 5.74) is 0.241. The van der Waals surface area contributed by atoms with Crippen LogP contribution in [0.5, 0.6) is 11.5 Å². The fraction of sp³-hybridized carbons (Fsp3) is 0.150. The number of thioether (sulfide) groups is 1. The van der Waals surface area contributed by atoms with Gasteiger partial charge in [-0.25, -0.2) is 4.39 Å². The number of nitrogens with zero attached hydrogens (tertiary/aromatic N) is 2. The molecule has 0 aliphatic heterocycles. The van der Waals surface area contributed by atoms with Gasteiger partial charge in [0.15, 0.2) is 22.9 Å². The molecule has 0 saturated heterocycles. The molecule has 0 bridgehead atoms. The summed E-state index contributed by atoms with van der Waals surface area (Å²) in [6.45, 7) is 0. The van der Waals surface area contributed by atoms with Gasteiger partial charge in [-0.2, -0.15) is 10.5 Å². The third kappa shape index (κ3) is 5.03. The first kappa shape index (κ1) is 20.8. The molecule has 6 nitrogen and oxygen atoms in total. The topological polar surface area (TPSA) is 95.1 Å². The van der Waals surface area contributed by atoms with Gasteiger partial charge in [-0.15, -0.1) is 0 Å². The minimum absolute atomic E-state index is 0.0703. The molecular weight excluding hydrogens is 381 g/mol. The molecule has 0 radical (unpaired) electrons. The number of nitrogens with one attached hydrogen (secondary N) is 1. The molecule has 0 aromatic heterocycles. The maximum atomic E-state index is 13.9. The molecule has 0 heterocycles. The Morgan fingerprint density at radius 3 is 2.39 bits per heavy atom. The zero-order valence-electron chi connectivity index (χ0n) is 15.2. The SMILES string of the molecule is COc1ccc(C(=O)CSC(Nc2ccccc2F)=C(C#N)C#N)cc1OC. The second kappa shape index (κ2) is 10.0. The molecule has 0 aliphatic carbocycles. The van der Waals surface area contributed by atoms with Gasteiger partial charge >= 0.3 is 0 Å². The van der Waals surface area contributed by atoms with Gasteiger partial charge < -0.3 is 14.8 Å². The monoisotopic (exact) mass is 397 g/mol. The van der Waals surface area contributed by atoms with E-state index in [4.69, 9.17) is 20.0 Å². The Morgan fingerprint density at radius 2 is 1.79 bits per heavy atom. The first-order valence-corrected chi connectivity index (χ1v) is 8.96. The first-order chi connectivity index (χ1) is 13.5. The molecule has 28 heavy (non-hydrogen) atoms. The molecule has 0 saturated carbocycles. The lowest BCUT2D eigenvalue weighted by Crippen LogP contribution is -2.07. The number of carbonyl (C=O) groups excluding carboxylic acids is 1. The van der Waals surface area contributed by atoms with Crippen molar-refractivity contribution in [2.24, 2.45) is 0 Å². The van der Waals surface area contributed by atoms with E-state index in [0.717, 1.165) is 11.8 Å². The Balaban J connectivity index is 2.21. The maximum absolute atomic E-state index is 13.9. The van der Waals surface area contributed by atoms with Crippen LogP contribution in [0.2, 0.25) is 0 Å². The number of methoxy groups -OCH3 is 2. The Morgan fingerprint density at radius 1 is 1.11 bits per heavy atom. The Bertz CT molecular complexity index is 977. The predicted octanol–water partition coefficient (Wildman–Crippen LogP) is 4.13. The van der Waals surface area contributed by atoms with Crippen LogP contribution in [-0.2, 0) is 0 Å². The normalized spacial score (nSPS) is 9.61. The van der Waals surface area contributed by atoms with Crippen molar-refractivity contribution >= 4 is 23.2 Å². The molecule has 0 spiro atoms. The number of carbonyl (C=O) groups is 1. The summed E-state index contributed by atoms with van der Waals surface area (Å²) in [4.78, 5) is 12.5. The van der Waals surface area contributed by atoms with Crippen LogP contribution >= 0.6 is 11.8 Å². The lowest BCUT2D eigenvalue weighted by molar-refractivity contribution is 0.102. The fourth-order valence-electron chi connectivity index (χ4n) is 2.21. The van der Waals surface area contributed by atoms with E-state index in [-0.39, 0.29) is 27.8 Å². The van der Waals surface area contributed by atoms with Crippen LogP contribution in [0.1, 0.15) is 10.4 Å². The summed E-state index contributed by atoms with van der Waals surface area (Å²) in [7, 11) is 2.96. The summed E-state index contributed by atoms with van der Waals surface area (Å²) in [6.07, 6.45) is 0. The number of ether oxygens (including phenoxy) is 2. The quantitative estimate of drug-likeness (QED) is 0.528. The Labute approximate surface area is 166 Å². The average molecular weight is 397 g/mol. The number of para-hydroxylation sites is 1. The molecule has 0 aliphatic rings. The van der Waals surface area contributed by atoms with Crippen LogP contribution in [0.25, 0.3) is 0 Å². The highest BCUT2D eigenvalue weighted by molar-refractivity contribution is 8.03.